The highest BCUT2D eigenvalue weighted by Crippen LogP contribution is 2.48. The largest absolute Gasteiger partial charge is 0.362 e. The number of carbonyl (C=O) groups is 1. The highest BCUT2D eigenvalue weighted by atomic mass is 80.0. The Bertz CT molecular complexity index is 888. The van der Waals surface area contributed by atoms with Crippen LogP contribution < -0.4 is 5.32 Å². The molecule has 0 spiro atoms. The molecule has 3 rings (SSSR count). The highest BCUT2D eigenvalue weighted by Gasteiger charge is 2.36. The molecule has 1 unspecified atom stereocenters. The Morgan fingerprint density at radius 2 is 1.70 bits per heavy atom. The topological polar surface area (TPSA) is 41.6 Å². The molecule has 8 heteroatoms. The van der Waals surface area contributed by atoms with Crippen LogP contribution in [0.2, 0.25) is 5.02 Å². The lowest BCUT2D eigenvalue weighted by atomic mass is 9.96. The number of halogens is 4. The van der Waals surface area contributed by atoms with E-state index in [9.17, 15) is 4.79 Å². The predicted molar refractivity (Wildman–Crippen MR) is 133 cm³/mol. The molecule has 1 N–H and O–H groups in total. The molecule has 1 fully saturated rings. The number of amides is 2. The second-order valence-electron chi connectivity index (χ2n) is 8.36. The maximum absolute atomic E-state index is 12.4. The summed E-state index contributed by atoms with van der Waals surface area (Å²) >= 11 is 17.0. The van der Waals surface area contributed by atoms with Crippen molar-refractivity contribution in [3.63, 3.8) is 0 Å². The van der Waals surface area contributed by atoms with Crippen LogP contribution in [0.1, 0.15) is 43.6 Å². The van der Waals surface area contributed by atoms with Crippen LogP contribution in [0.5, 0.6) is 0 Å². The van der Waals surface area contributed by atoms with Crippen LogP contribution in [-0.4, -0.2) is 35.7 Å². The van der Waals surface area contributed by atoms with Crippen molar-refractivity contribution in [2.24, 2.45) is 0 Å². The maximum Gasteiger partial charge on any atom is 0.317 e. The Kier molecular flexibility index (Phi) is 7.61. The van der Waals surface area contributed by atoms with Crippen LogP contribution in [0, 0.1) is 0 Å². The van der Waals surface area contributed by atoms with E-state index in [-0.39, 0.29) is 23.8 Å². The Morgan fingerprint density at radius 3 is 2.27 bits per heavy atom. The van der Waals surface area contributed by atoms with Gasteiger partial charge in [-0.05, 0) is 49.6 Å². The monoisotopic (exact) mass is 620 g/mol. The molecule has 0 radical (unpaired) electrons. The normalized spacial score (nSPS) is 16.2. The Morgan fingerprint density at radius 1 is 1.10 bits per heavy atom. The standard InChI is InChI=1S/C22H24Br3ClN2O2/c1-21(2,3)27-20(29)28-12-16(13-28)30-19(14-8-10-15(26)11-9-14)17-6-4-5-7-18(17)22(23,24)25/h4-11,16,19H,12-13H2,1-3H3,(H,27,29). The summed E-state index contributed by atoms with van der Waals surface area (Å²) < 4.78 is 5.94. The molecule has 1 aliphatic heterocycles. The molecule has 2 amide bonds. The van der Waals surface area contributed by atoms with Crippen molar-refractivity contribution < 1.29 is 9.53 Å². The van der Waals surface area contributed by atoms with Gasteiger partial charge in [-0.25, -0.2) is 4.79 Å². The van der Waals surface area contributed by atoms with Crippen molar-refractivity contribution >= 4 is 65.4 Å². The van der Waals surface area contributed by atoms with Crippen molar-refractivity contribution in [1.82, 2.24) is 10.2 Å². The first-order valence-electron chi connectivity index (χ1n) is 9.58. The third-order valence-electron chi connectivity index (χ3n) is 4.67. The molecule has 0 aliphatic carbocycles. The number of ether oxygens (including phenoxy) is 1. The van der Waals surface area contributed by atoms with E-state index < -0.39 is 2.14 Å². The van der Waals surface area contributed by atoms with E-state index >= 15 is 0 Å². The van der Waals surface area contributed by atoms with E-state index in [1.165, 1.54) is 0 Å². The Balaban J connectivity index is 1.82. The van der Waals surface area contributed by atoms with Crippen LogP contribution in [0.3, 0.4) is 0 Å². The van der Waals surface area contributed by atoms with Crippen LogP contribution in [-0.2, 0) is 6.88 Å². The predicted octanol–water partition coefficient (Wildman–Crippen LogP) is 6.93. The van der Waals surface area contributed by atoms with Gasteiger partial charge < -0.3 is 15.0 Å². The molecule has 1 saturated heterocycles. The number of hydrogen-bond donors (Lipinski definition) is 1. The number of hydrogen-bond acceptors (Lipinski definition) is 2. The van der Waals surface area contributed by atoms with Crippen molar-refractivity contribution in [3.8, 4) is 0 Å². The highest BCUT2D eigenvalue weighted by molar-refractivity contribution is 9.38. The first-order chi connectivity index (χ1) is 13.9. The number of alkyl halides is 3. The number of urea groups is 1. The number of benzene rings is 2. The van der Waals surface area contributed by atoms with Gasteiger partial charge in [0.2, 0.25) is 0 Å². The van der Waals surface area contributed by atoms with Crippen molar-refractivity contribution in [3.05, 3.63) is 70.2 Å². The average molecular weight is 624 g/mol. The van der Waals surface area contributed by atoms with E-state index in [2.05, 4.69) is 59.2 Å². The van der Waals surface area contributed by atoms with E-state index in [1.807, 2.05) is 63.2 Å². The molecule has 4 nitrogen and oxygen atoms in total. The van der Waals surface area contributed by atoms with Gasteiger partial charge in [0.05, 0.1) is 19.2 Å². The smallest absolute Gasteiger partial charge is 0.317 e. The fourth-order valence-electron chi connectivity index (χ4n) is 3.24. The van der Waals surface area contributed by atoms with Gasteiger partial charge in [-0.15, -0.1) is 0 Å². The SMILES string of the molecule is CC(C)(C)NC(=O)N1CC(OC(c2ccc(Cl)cc2)c2ccccc2C(Br)(Br)Br)C1. The van der Waals surface area contributed by atoms with Crippen molar-refractivity contribution in [2.45, 2.75) is 40.7 Å². The second kappa shape index (κ2) is 9.49. The van der Waals surface area contributed by atoms with Gasteiger partial charge in [-0.1, -0.05) is 95.8 Å². The fourth-order valence-corrected chi connectivity index (χ4v) is 4.44. The van der Waals surface area contributed by atoms with E-state index in [0.717, 1.165) is 16.7 Å². The molecule has 1 atom stereocenters. The van der Waals surface area contributed by atoms with E-state index in [0.29, 0.717) is 18.1 Å². The van der Waals surface area contributed by atoms with Gasteiger partial charge in [-0.3, -0.25) is 0 Å². The third-order valence-corrected chi connectivity index (χ3v) is 6.20. The quantitative estimate of drug-likeness (QED) is 0.376. The van der Waals surface area contributed by atoms with Gasteiger partial charge in [0.25, 0.3) is 0 Å². The summed E-state index contributed by atoms with van der Waals surface area (Å²) in [6, 6.07) is 15.7. The average Bonchev–Trinajstić information content (AvgIpc) is 2.59. The number of likely N-dealkylation sites (tertiary alicyclic amines) is 1. The fraction of sp³-hybridized carbons (Fsp3) is 0.409. The van der Waals surface area contributed by atoms with Gasteiger partial charge in [0.15, 0.2) is 2.14 Å². The summed E-state index contributed by atoms with van der Waals surface area (Å²) in [6.07, 6.45) is -0.358. The molecule has 162 valence electrons. The summed E-state index contributed by atoms with van der Waals surface area (Å²) in [6.45, 7) is 7.02. The molecular formula is C22H24Br3ClN2O2. The summed E-state index contributed by atoms with van der Waals surface area (Å²) in [4.78, 5) is 14.1. The molecule has 1 heterocycles. The third kappa shape index (κ3) is 6.22. The van der Waals surface area contributed by atoms with Crippen molar-refractivity contribution in [1.29, 1.82) is 0 Å². The van der Waals surface area contributed by atoms with Crippen LogP contribution in [0.25, 0.3) is 0 Å². The molecular weight excluding hydrogens is 599 g/mol. The number of nitrogens with one attached hydrogen (secondary N) is 1. The molecule has 2 aromatic carbocycles. The number of carbonyl (C=O) groups excluding carboxylic acids is 1. The molecule has 1 aliphatic rings. The summed E-state index contributed by atoms with van der Waals surface area (Å²) in [5.74, 6) is 0. The minimum atomic E-state index is -0.574. The molecule has 0 saturated carbocycles. The zero-order valence-corrected chi connectivity index (χ0v) is 22.5. The first kappa shape index (κ1) is 24.1. The van der Waals surface area contributed by atoms with Crippen molar-refractivity contribution in [2.75, 3.05) is 13.1 Å². The lowest BCUT2D eigenvalue weighted by molar-refractivity contribution is -0.0653. The first-order valence-corrected chi connectivity index (χ1v) is 12.3. The minimum Gasteiger partial charge on any atom is -0.362 e. The van der Waals surface area contributed by atoms with Crippen LogP contribution >= 0.6 is 59.4 Å². The van der Waals surface area contributed by atoms with Gasteiger partial charge in [-0.2, -0.15) is 0 Å². The summed E-state index contributed by atoms with van der Waals surface area (Å²) in [5.41, 5.74) is 2.76. The molecule has 2 aromatic rings. The molecule has 0 bridgehead atoms. The zero-order valence-electron chi connectivity index (χ0n) is 17.0. The van der Waals surface area contributed by atoms with E-state index in [4.69, 9.17) is 16.3 Å². The number of nitrogens with zero attached hydrogens (tertiary/aromatic N) is 1. The van der Waals surface area contributed by atoms with Gasteiger partial charge in [0.1, 0.15) is 6.10 Å². The van der Waals surface area contributed by atoms with Crippen LogP contribution in [0.4, 0.5) is 4.79 Å². The van der Waals surface area contributed by atoms with E-state index in [1.54, 1.807) is 4.90 Å². The van der Waals surface area contributed by atoms with Crippen LogP contribution in [0.15, 0.2) is 48.5 Å². The summed E-state index contributed by atoms with van der Waals surface area (Å²) in [5, 5.41) is 3.67. The Labute approximate surface area is 208 Å². The minimum absolute atomic E-state index is 0.0557. The number of rotatable bonds is 4. The lowest BCUT2D eigenvalue weighted by Crippen LogP contribution is -2.60. The Hall–Kier alpha value is -0.600. The molecule has 30 heavy (non-hydrogen) atoms. The van der Waals surface area contributed by atoms with Gasteiger partial charge in [0, 0.05) is 10.6 Å². The lowest BCUT2D eigenvalue weighted by Gasteiger charge is -2.42. The summed E-state index contributed by atoms with van der Waals surface area (Å²) in [7, 11) is 0. The second-order valence-corrected chi connectivity index (χ2v) is 15.6. The zero-order chi connectivity index (χ0) is 22.1. The molecule has 0 aromatic heterocycles. The maximum atomic E-state index is 12.4. The van der Waals surface area contributed by atoms with Gasteiger partial charge >= 0.3 is 6.03 Å².